The molecule has 7 rings (SSSR count). The zero-order valence-corrected chi connectivity index (χ0v) is 23.7. The van der Waals surface area contributed by atoms with Crippen molar-refractivity contribution in [1.29, 1.82) is 5.26 Å². The first-order valence-electron chi connectivity index (χ1n) is 13.9. The minimum atomic E-state index is -3.20. The molecular weight excluding hydrogens is 598 g/mol. The summed E-state index contributed by atoms with van der Waals surface area (Å²) in [7, 11) is 0. The zero-order valence-electron chi connectivity index (χ0n) is 22.1. The van der Waals surface area contributed by atoms with E-state index < -0.39 is 59.7 Å². The van der Waals surface area contributed by atoms with Crippen LogP contribution in [0.1, 0.15) is 49.7 Å². The Labute approximate surface area is 244 Å². The topological polar surface area (TPSA) is 123 Å². The van der Waals surface area contributed by atoms with Crippen LogP contribution in [-0.2, 0) is 20.0 Å². The van der Waals surface area contributed by atoms with Crippen LogP contribution in [0, 0.1) is 23.2 Å². The number of nitriles is 1. The molecule has 2 aliphatic carbocycles. The summed E-state index contributed by atoms with van der Waals surface area (Å²) in [5, 5.41) is 27.3. The largest absolute Gasteiger partial charge is 0.372 e. The third-order valence-electron chi connectivity index (χ3n) is 9.12. The van der Waals surface area contributed by atoms with Crippen molar-refractivity contribution >= 4 is 33.7 Å². The fourth-order valence-corrected chi connectivity index (χ4v) is 7.55. The molecule has 3 saturated heterocycles. The summed E-state index contributed by atoms with van der Waals surface area (Å²) in [5.74, 6) is -7.09. The maximum atomic E-state index is 15.3. The van der Waals surface area contributed by atoms with Gasteiger partial charge in [0.2, 0.25) is 11.8 Å². The molecule has 3 amide bonds. The lowest BCUT2D eigenvalue weighted by molar-refractivity contribution is -0.201. The Morgan fingerprint density at radius 2 is 1.93 bits per heavy atom. The maximum Gasteiger partial charge on any atom is 0.264 e. The van der Waals surface area contributed by atoms with Crippen molar-refractivity contribution in [2.75, 3.05) is 6.54 Å². The molecule has 3 aliphatic heterocycles. The lowest BCUT2D eigenvalue weighted by Gasteiger charge is -2.54. The van der Waals surface area contributed by atoms with E-state index in [9.17, 15) is 24.8 Å². The number of alkyl halides is 2. The van der Waals surface area contributed by atoms with Gasteiger partial charge >= 0.3 is 0 Å². The molecule has 214 valence electrons. The lowest BCUT2D eigenvalue weighted by Crippen LogP contribution is -2.70. The fraction of sp³-hybridized carbons (Fsp3) is 0.467. The molecule has 6 atom stereocenters. The number of halogens is 3. The normalized spacial score (nSPS) is 30.0. The lowest BCUT2D eigenvalue weighted by atomic mass is 9.70. The Bertz CT molecular complexity index is 1480. The highest BCUT2D eigenvalue weighted by Crippen LogP contribution is 2.54. The predicted octanol–water partition coefficient (Wildman–Crippen LogP) is 3.60. The van der Waals surface area contributed by atoms with E-state index in [0.717, 1.165) is 11.3 Å². The van der Waals surface area contributed by atoms with Crippen LogP contribution >= 0.6 is 15.9 Å². The Kier molecular flexibility index (Phi) is 6.90. The smallest absolute Gasteiger partial charge is 0.264 e. The Hall–Kier alpha value is -3.36. The Balaban J connectivity index is 1.36. The number of amides is 3. The first-order chi connectivity index (χ1) is 19.6. The van der Waals surface area contributed by atoms with Crippen LogP contribution in [0.4, 0.5) is 8.78 Å². The van der Waals surface area contributed by atoms with Gasteiger partial charge in [0, 0.05) is 40.5 Å². The van der Waals surface area contributed by atoms with E-state index in [1.165, 1.54) is 0 Å². The number of rotatable bonds is 5. The molecule has 2 aromatic rings. The third-order valence-corrected chi connectivity index (χ3v) is 9.61. The monoisotopic (exact) mass is 626 g/mol. The number of piperidine rings is 3. The second-order valence-electron chi connectivity index (χ2n) is 11.5. The number of carbonyl (C=O) groups excluding carboxylic acids is 3. The van der Waals surface area contributed by atoms with Crippen LogP contribution < -0.4 is 10.6 Å². The Morgan fingerprint density at radius 1 is 1.17 bits per heavy atom. The molecule has 1 saturated carbocycles. The predicted molar refractivity (Wildman–Crippen MR) is 147 cm³/mol. The fourth-order valence-electron chi connectivity index (χ4n) is 7.19. The molecule has 4 fully saturated rings. The molecule has 1 unspecified atom stereocenters. The van der Waals surface area contributed by atoms with Gasteiger partial charge in [0.05, 0.1) is 12.0 Å². The highest BCUT2D eigenvalue weighted by atomic mass is 79.9. The number of benzene rings is 2. The number of nitrogens with zero attached hydrogens (tertiary/aromatic N) is 2. The molecule has 41 heavy (non-hydrogen) atoms. The minimum absolute atomic E-state index is 0.0267. The second kappa shape index (κ2) is 10.2. The summed E-state index contributed by atoms with van der Waals surface area (Å²) in [5.41, 5.74) is -0.277. The van der Waals surface area contributed by atoms with E-state index in [2.05, 4.69) is 26.6 Å². The summed E-state index contributed by atoms with van der Waals surface area (Å²) in [6.45, 7) is 0.544. The van der Waals surface area contributed by atoms with Crippen LogP contribution in [0.25, 0.3) is 11.1 Å². The molecule has 2 bridgehead atoms. The average Bonchev–Trinajstić information content (AvgIpc) is 3.21. The van der Waals surface area contributed by atoms with Crippen LogP contribution in [0.5, 0.6) is 0 Å². The first-order valence-corrected chi connectivity index (χ1v) is 14.7. The number of hydrogen-bond acceptors (Lipinski definition) is 5. The molecule has 3 heterocycles. The van der Waals surface area contributed by atoms with Gasteiger partial charge in [-0.2, -0.15) is 5.26 Å². The molecule has 0 radical (unpaired) electrons. The van der Waals surface area contributed by atoms with Crippen molar-refractivity contribution in [2.45, 2.75) is 68.2 Å². The summed E-state index contributed by atoms with van der Waals surface area (Å²) >= 11 is 3.41. The minimum Gasteiger partial charge on any atom is -0.372 e. The van der Waals surface area contributed by atoms with Crippen molar-refractivity contribution < 1.29 is 28.3 Å². The first kappa shape index (κ1) is 27.8. The molecule has 0 aromatic heterocycles. The van der Waals surface area contributed by atoms with Gasteiger partial charge in [-0.25, -0.2) is 8.78 Å². The number of fused-ring (bicyclic) bond motifs is 6. The summed E-state index contributed by atoms with van der Waals surface area (Å²) < 4.78 is 31.2. The van der Waals surface area contributed by atoms with E-state index in [1.54, 1.807) is 42.5 Å². The van der Waals surface area contributed by atoms with Gasteiger partial charge in [0.1, 0.15) is 12.1 Å². The third kappa shape index (κ3) is 4.43. The molecule has 5 aliphatic rings. The van der Waals surface area contributed by atoms with Crippen LogP contribution in [-0.4, -0.2) is 58.3 Å². The number of carbonyl (C=O) groups is 3. The number of aliphatic hydroxyl groups is 1. The van der Waals surface area contributed by atoms with Crippen molar-refractivity contribution in [2.24, 2.45) is 11.8 Å². The van der Waals surface area contributed by atoms with E-state index in [4.69, 9.17) is 0 Å². The maximum absolute atomic E-state index is 15.3. The number of hydrogen-bond donors (Lipinski definition) is 3. The highest BCUT2D eigenvalue weighted by Gasteiger charge is 2.63. The van der Waals surface area contributed by atoms with E-state index in [-0.39, 0.29) is 25.2 Å². The second-order valence-corrected chi connectivity index (χ2v) is 12.4. The van der Waals surface area contributed by atoms with Gasteiger partial charge < -0.3 is 20.6 Å². The molecule has 8 nitrogen and oxygen atoms in total. The molecule has 11 heteroatoms. The average molecular weight is 627 g/mol. The van der Waals surface area contributed by atoms with E-state index in [0.29, 0.717) is 39.7 Å². The molecule has 3 N–H and O–H groups in total. The molecule has 0 spiro atoms. The summed E-state index contributed by atoms with van der Waals surface area (Å²) in [6, 6.07) is 10.4. The van der Waals surface area contributed by atoms with Crippen molar-refractivity contribution in [1.82, 2.24) is 15.5 Å². The van der Waals surface area contributed by atoms with Crippen LogP contribution in [0.3, 0.4) is 0 Å². The standard InChI is InChI=1S/C30H29BrF2N4O4/c31-17-7-9-21-20-5-1-2-6-22(20)30(41,24(21)13-17)28(40)37-19-8-10-23(29(32,33)14-19)25(37)27(39)36-18(15-34)12-16-4-3-11-35-26(16)38/h1-2,5-7,9,13,16,18-19,23,25,41H,3-4,8,10-12,14H2,(H,35,38)(H,36,39)/t16-,18-,19-,23-,25-,30?/m0/s1. The SMILES string of the molecule is N#C[C@H](C[C@@H]1CCCNC1=O)NC(=O)[C@@H]1[C@@H]2CC[C@@H](CC2(F)F)N1C(=O)C1(O)c2ccccc2-c2ccc(Br)cc21. The van der Waals surface area contributed by atoms with E-state index >= 15 is 8.78 Å². The van der Waals surface area contributed by atoms with Gasteiger partial charge in [-0.05, 0) is 55.4 Å². The number of nitrogens with one attached hydrogen (secondary N) is 2. The van der Waals surface area contributed by atoms with Gasteiger partial charge in [-0.1, -0.05) is 46.3 Å². The van der Waals surface area contributed by atoms with Crippen LogP contribution in [0.2, 0.25) is 0 Å². The van der Waals surface area contributed by atoms with Gasteiger partial charge in [0.25, 0.3) is 11.8 Å². The van der Waals surface area contributed by atoms with Crippen LogP contribution in [0.15, 0.2) is 46.9 Å². The quantitative estimate of drug-likeness (QED) is 0.468. The van der Waals surface area contributed by atoms with Crippen molar-refractivity contribution in [3.63, 3.8) is 0 Å². The summed E-state index contributed by atoms with van der Waals surface area (Å²) in [6.07, 6.45) is 1.01. The van der Waals surface area contributed by atoms with Crippen molar-refractivity contribution in [3.05, 3.63) is 58.1 Å². The van der Waals surface area contributed by atoms with Gasteiger partial charge in [-0.3, -0.25) is 14.4 Å². The van der Waals surface area contributed by atoms with Gasteiger partial charge in [-0.15, -0.1) is 0 Å². The Morgan fingerprint density at radius 3 is 2.66 bits per heavy atom. The zero-order chi connectivity index (χ0) is 29.1. The summed E-state index contributed by atoms with van der Waals surface area (Å²) in [4.78, 5) is 41.7. The van der Waals surface area contributed by atoms with Gasteiger partial charge in [0.15, 0.2) is 5.60 Å². The molecular formula is C30H29BrF2N4O4. The van der Waals surface area contributed by atoms with Crippen molar-refractivity contribution in [3.8, 4) is 17.2 Å². The highest BCUT2D eigenvalue weighted by molar-refractivity contribution is 9.10. The van der Waals surface area contributed by atoms with E-state index in [1.807, 2.05) is 6.07 Å². The molecule has 2 aromatic carbocycles.